The Morgan fingerprint density at radius 1 is 1.38 bits per heavy atom. The fourth-order valence-electron chi connectivity index (χ4n) is 2.38. The molecule has 0 radical (unpaired) electrons. The second kappa shape index (κ2) is 7.07. The third kappa shape index (κ3) is 3.44. The van der Waals surface area contributed by atoms with Gasteiger partial charge in [0.2, 0.25) is 0 Å². The molecule has 5 nitrogen and oxygen atoms in total. The van der Waals surface area contributed by atoms with Crippen molar-refractivity contribution in [3.63, 3.8) is 0 Å². The Labute approximate surface area is 148 Å². The minimum absolute atomic E-state index is 0.170. The van der Waals surface area contributed by atoms with Crippen molar-refractivity contribution >= 4 is 28.8 Å². The van der Waals surface area contributed by atoms with E-state index in [4.69, 9.17) is 16.3 Å². The molecular weight excluding hydrogens is 346 g/mol. The predicted molar refractivity (Wildman–Crippen MR) is 95.7 cm³/mol. The minimum atomic E-state index is -0.170. The molecule has 0 saturated carbocycles. The number of amides is 1. The lowest BCUT2D eigenvalue weighted by Gasteiger charge is -2.18. The van der Waals surface area contributed by atoms with Crippen LogP contribution in [0.4, 0.5) is 0 Å². The first-order valence-electron chi connectivity index (χ1n) is 7.25. The number of ether oxygens (including phenoxy) is 1. The number of hydrogen-bond acceptors (Lipinski definition) is 4. The second-order valence-corrected chi connectivity index (χ2v) is 6.65. The van der Waals surface area contributed by atoms with Crippen LogP contribution in [0.2, 0.25) is 5.02 Å². The lowest BCUT2D eigenvalue weighted by molar-refractivity contribution is 0.0778. The van der Waals surface area contributed by atoms with Gasteiger partial charge in [0, 0.05) is 24.2 Å². The van der Waals surface area contributed by atoms with Gasteiger partial charge >= 0.3 is 0 Å². The highest BCUT2D eigenvalue weighted by atomic mass is 35.5. The molecule has 0 fully saturated rings. The highest BCUT2D eigenvalue weighted by molar-refractivity contribution is 7.13. The van der Waals surface area contributed by atoms with Crippen molar-refractivity contribution in [1.29, 1.82) is 0 Å². The molecule has 124 valence electrons. The van der Waals surface area contributed by atoms with Crippen LogP contribution in [0.3, 0.4) is 0 Å². The zero-order chi connectivity index (χ0) is 17.1. The van der Waals surface area contributed by atoms with Crippen molar-refractivity contribution in [2.75, 3.05) is 14.2 Å². The van der Waals surface area contributed by atoms with Crippen LogP contribution in [0.5, 0.6) is 5.75 Å². The lowest BCUT2D eigenvalue weighted by atomic mass is 10.2. The van der Waals surface area contributed by atoms with Gasteiger partial charge in [0.15, 0.2) is 5.69 Å². The van der Waals surface area contributed by atoms with Gasteiger partial charge in [-0.1, -0.05) is 17.7 Å². The van der Waals surface area contributed by atoms with Crippen molar-refractivity contribution in [1.82, 2.24) is 15.1 Å². The van der Waals surface area contributed by atoms with Crippen LogP contribution in [0.25, 0.3) is 10.6 Å². The third-order valence-electron chi connectivity index (χ3n) is 3.58. The van der Waals surface area contributed by atoms with Crippen molar-refractivity contribution in [2.45, 2.75) is 6.54 Å². The smallest absolute Gasteiger partial charge is 0.274 e. The summed E-state index contributed by atoms with van der Waals surface area (Å²) < 4.78 is 5.32. The van der Waals surface area contributed by atoms with E-state index < -0.39 is 0 Å². The van der Waals surface area contributed by atoms with Crippen LogP contribution in [0.15, 0.2) is 41.8 Å². The number of benzene rings is 1. The van der Waals surface area contributed by atoms with Gasteiger partial charge in [-0.25, -0.2) is 0 Å². The zero-order valence-corrected chi connectivity index (χ0v) is 14.8. The molecule has 0 saturated heterocycles. The molecule has 0 aliphatic carbocycles. The van der Waals surface area contributed by atoms with Crippen LogP contribution >= 0.6 is 22.9 Å². The van der Waals surface area contributed by atoms with E-state index >= 15 is 0 Å². The SMILES string of the molecule is COc1ccc(Cl)cc1CN(C)C(=O)c1cc(-c2cccs2)[nH]n1. The maximum absolute atomic E-state index is 12.6. The number of H-pyrrole nitrogens is 1. The number of nitrogens with one attached hydrogen (secondary N) is 1. The molecule has 0 spiro atoms. The molecule has 2 heterocycles. The normalized spacial score (nSPS) is 10.6. The Kier molecular flexibility index (Phi) is 4.87. The minimum Gasteiger partial charge on any atom is -0.496 e. The average Bonchev–Trinajstić information content (AvgIpc) is 3.25. The van der Waals surface area contributed by atoms with Crippen molar-refractivity contribution in [3.8, 4) is 16.3 Å². The summed E-state index contributed by atoms with van der Waals surface area (Å²) in [7, 11) is 3.32. The Balaban J connectivity index is 1.77. The van der Waals surface area contributed by atoms with Crippen LogP contribution in [-0.2, 0) is 6.54 Å². The Morgan fingerprint density at radius 3 is 2.92 bits per heavy atom. The third-order valence-corrected chi connectivity index (χ3v) is 4.72. The molecule has 1 aromatic carbocycles. The molecule has 0 aliphatic heterocycles. The highest BCUT2D eigenvalue weighted by Gasteiger charge is 2.18. The average molecular weight is 362 g/mol. The van der Waals surface area contributed by atoms with Crippen LogP contribution < -0.4 is 4.74 Å². The van der Waals surface area contributed by atoms with Gasteiger partial charge in [0.05, 0.1) is 17.7 Å². The van der Waals surface area contributed by atoms with Gasteiger partial charge in [-0.05, 0) is 35.7 Å². The van der Waals surface area contributed by atoms with Gasteiger partial charge < -0.3 is 9.64 Å². The van der Waals surface area contributed by atoms with Crippen LogP contribution in [0.1, 0.15) is 16.1 Å². The summed E-state index contributed by atoms with van der Waals surface area (Å²) in [6.07, 6.45) is 0. The molecule has 0 atom stereocenters. The van der Waals surface area contributed by atoms with Gasteiger partial charge in [-0.15, -0.1) is 11.3 Å². The highest BCUT2D eigenvalue weighted by Crippen LogP contribution is 2.25. The summed E-state index contributed by atoms with van der Waals surface area (Å²) in [6, 6.07) is 11.0. The van der Waals surface area contributed by atoms with E-state index in [1.807, 2.05) is 17.5 Å². The molecule has 7 heteroatoms. The van der Waals surface area contributed by atoms with E-state index in [1.165, 1.54) is 0 Å². The molecule has 3 aromatic rings. The first kappa shape index (κ1) is 16.5. The number of thiophene rings is 1. The van der Waals surface area contributed by atoms with E-state index in [2.05, 4.69) is 10.2 Å². The standard InChI is InChI=1S/C17H16ClN3O2S/c1-21(10-11-8-12(18)5-6-15(11)23-2)17(22)14-9-13(19-20-14)16-4-3-7-24-16/h3-9H,10H2,1-2H3,(H,19,20). The fraction of sp³-hybridized carbons (Fsp3) is 0.176. The summed E-state index contributed by atoms with van der Waals surface area (Å²) in [5.41, 5.74) is 2.05. The monoisotopic (exact) mass is 361 g/mol. The first-order chi connectivity index (χ1) is 11.6. The number of nitrogens with zero attached hydrogens (tertiary/aromatic N) is 2. The Bertz CT molecular complexity index is 845. The van der Waals surface area contributed by atoms with Crippen molar-refractivity contribution < 1.29 is 9.53 Å². The van der Waals surface area contributed by atoms with Crippen molar-refractivity contribution in [2.24, 2.45) is 0 Å². The number of carbonyl (C=O) groups is 1. The molecular formula is C17H16ClN3O2S. The molecule has 0 bridgehead atoms. The molecule has 3 rings (SSSR count). The van der Waals surface area contributed by atoms with Crippen LogP contribution in [-0.4, -0.2) is 35.2 Å². The van der Waals surface area contributed by atoms with E-state index in [0.717, 1.165) is 16.1 Å². The number of methoxy groups -OCH3 is 1. The number of halogens is 1. The molecule has 0 unspecified atom stereocenters. The first-order valence-corrected chi connectivity index (χ1v) is 8.51. The van der Waals surface area contributed by atoms with Gasteiger partial charge in [0.25, 0.3) is 5.91 Å². The van der Waals surface area contributed by atoms with Gasteiger partial charge in [0.1, 0.15) is 5.75 Å². The largest absolute Gasteiger partial charge is 0.496 e. The summed E-state index contributed by atoms with van der Waals surface area (Å²) in [6.45, 7) is 0.379. The van der Waals surface area contributed by atoms with Crippen molar-refractivity contribution in [3.05, 3.63) is 58.1 Å². The Hall–Kier alpha value is -2.31. The van der Waals surface area contributed by atoms with E-state index in [0.29, 0.717) is 23.0 Å². The topological polar surface area (TPSA) is 58.2 Å². The summed E-state index contributed by atoms with van der Waals surface area (Å²) in [4.78, 5) is 15.2. The number of rotatable bonds is 5. The lowest BCUT2D eigenvalue weighted by Crippen LogP contribution is -2.26. The fourth-order valence-corrected chi connectivity index (χ4v) is 3.27. The number of hydrogen-bond donors (Lipinski definition) is 1. The maximum atomic E-state index is 12.6. The quantitative estimate of drug-likeness (QED) is 0.745. The van der Waals surface area contributed by atoms with Gasteiger partial charge in [-0.3, -0.25) is 9.89 Å². The van der Waals surface area contributed by atoms with Gasteiger partial charge in [-0.2, -0.15) is 5.10 Å². The van der Waals surface area contributed by atoms with Crippen LogP contribution in [0, 0.1) is 0 Å². The molecule has 1 N–H and O–H groups in total. The summed E-state index contributed by atoms with van der Waals surface area (Å²) >= 11 is 7.63. The predicted octanol–water partition coefficient (Wildman–Crippen LogP) is 4.07. The number of aromatic amines is 1. The second-order valence-electron chi connectivity index (χ2n) is 5.26. The van der Waals surface area contributed by atoms with E-state index in [9.17, 15) is 4.79 Å². The zero-order valence-electron chi connectivity index (χ0n) is 13.2. The summed E-state index contributed by atoms with van der Waals surface area (Å²) in [5, 5.41) is 9.62. The molecule has 1 amide bonds. The number of aromatic nitrogens is 2. The van der Waals surface area contributed by atoms with E-state index in [-0.39, 0.29) is 5.91 Å². The number of carbonyl (C=O) groups excluding carboxylic acids is 1. The van der Waals surface area contributed by atoms with E-state index in [1.54, 1.807) is 54.7 Å². The Morgan fingerprint density at radius 2 is 2.21 bits per heavy atom. The molecule has 0 aliphatic rings. The maximum Gasteiger partial charge on any atom is 0.274 e. The molecule has 2 aromatic heterocycles. The molecule has 24 heavy (non-hydrogen) atoms. The summed E-state index contributed by atoms with van der Waals surface area (Å²) in [5.74, 6) is 0.524.